The summed E-state index contributed by atoms with van der Waals surface area (Å²) in [6.07, 6.45) is 0. The third-order valence-corrected chi connectivity index (χ3v) is 4.13. The van der Waals surface area contributed by atoms with Gasteiger partial charge in [-0.1, -0.05) is 28.1 Å². The van der Waals surface area contributed by atoms with E-state index in [1.165, 1.54) is 0 Å². The number of furan rings is 1. The molecule has 21 heavy (non-hydrogen) atoms. The maximum atomic E-state index is 11.9. The molecule has 1 aromatic carbocycles. The van der Waals surface area contributed by atoms with Crippen LogP contribution in [0.3, 0.4) is 0 Å². The average Bonchev–Trinajstić information content (AvgIpc) is 3.09. The highest BCUT2D eigenvalue weighted by atomic mass is 79.9. The van der Waals surface area contributed by atoms with E-state index in [-0.39, 0.29) is 11.7 Å². The van der Waals surface area contributed by atoms with Gasteiger partial charge in [0.2, 0.25) is 5.13 Å². The van der Waals surface area contributed by atoms with Crippen LogP contribution in [-0.4, -0.2) is 15.3 Å². The first-order chi connectivity index (χ1) is 10.1. The van der Waals surface area contributed by atoms with Gasteiger partial charge in [-0.3, -0.25) is 10.1 Å². The summed E-state index contributed by atoms with van der Waals surface area (Å²) in [4.78, 5) is 16.2. The van der Waals surface area contributed by atoms with Gasteiger partial charge in [-0.25, -0.2) is 0 Å². The van der Waals surface area contributed by atoms with E-state index in [2.05, 4.69) is 46.5 Å². The Hall–Kier alpha value is -1.51. The molecule has 0 unspecified atom stereocenters. The first kappa shape index (κ1) is 14.4. The highest BCUT2D eigenvalue weighted by molar-refractivity contribution is 9.10. The number of halogens is 2. The molecule has 0 atom stereocenters. The van der Waals surface area contributed by atoms with Crippen molar-refractivity contribution >= 4 is 54.4 Å². The van der Waals surface area contributed by atoms with Crippen LogP contribution in [0, 0.1) is 0 Å². The molecule has 0 radical (unpaired) electrons. The molecule has 0 aliphatic heterocycles. The Morgan fingerprint density at radius 2 is 1.90 bits per heavy atom. The van der Waals surface area contributed by atoms with Gasteiger partial charge in [0.15, 0.2) is 16.3 Å². The molecule has 0 saturated carbocycles. The number of hydrogen-bond donors (Lipinski definition) is 1. The fourth-order valence-electron chi connectivity index (χ4n) is 1.59. The Morgan fingerprint density at radius 1 is 1.14 bits per heavy atom. The zero-order valence-corrected chi connectivity index (χ0v) is 14.3. The van der Waals surface area contributed by atoms with Crippen LogP contribution in [0.1, 0.15) is 10.6 Å². The van der Waals surface area contributed by atoms with Crippen LogP contribution in [0.4, 0.5) is 5.13 Å². The lowest BCUT2D eigenvalue weighted by Crippen LogP contribution is -2.10. The second-order valence-electron chi connectivity index (χ2n) is 3.99. The molecule has 2 aromatic heterocycles. The van der Waals surface area contributed by atoms with Gasteiger partial charge in [0.05, 0.1) is 0 Å². The van der Waals surface area contributed by atoms with Crippen LogP contribution < -0.4 is 5.32 Å². The Labute approximate surface area is 140 Å². The van der Waals surface area contributed by atoms with Gasteiger partial charge in [-0.2, -0.15) is 9.36 Å². The third-order valence-electron chi connectivity index (χ3n) is 2.55. The molecular weight excluding hydrogens is 422 g/mol. The fraction of sp³-hybridized carbons (Fsp3) is 0. The lowest BCUT2D eigenvalue weighted by molar-refractivity contribution is 0.0995. The minimum atomic E-state index is -0.362. The molecule has 106 valence electrons. The quantitative estimate of drug-likeness (QED) is 0.663. The number of nitrogens with one attached hydrogen (secondary N) is 1. The van der Waals surface area contributed by atoms with E-state index in [4.69, 9.17) is 4.42 Å². The van der Waals surface area contributed by atoms with E-state index in [9.17, 15) is 4.79 Å². The van der Waals surface area contributed by atoms with Gasteiger partial charge in [-0.05, 0) is 40.2 Å². The van der Waals surface area contributed by atoms with E-state index in [1.807, 2.05) is 24.3 Å². The molecule has 0 fully saturated rings. The first-order valence-electron chi connectivity index (χ1n) is 5.78. The number of amides is 1. The Morgan fingerprint density at radius 3 is 2.57 bits per heavy atom. The maximum Gasteiger partial charge on any atom is 0.293 e. The summed E-state index contributed by atoms with van der Waals surface area (Å²) >= 11 is 7.65. The summed E-state index contributed by atoms with van der Waals surface area (Å²) in [6.45, 7) is 0. The van der Waals surface area contributed by atoms with Crippen LogP contribution in [0.2, 0.25) is 0 Å². The third kappa shape index (κ3) is 3.39. The molecule has 0 aliphatic rings. The predicted octanol–water partition coefficient (Wildman–Crippen LogP) is 4.58. The monoisotopic (exact) mass is 427 g/mol. The topological polar surface area (TPSA) is 68.0 Å². The molecular formula is C13H7Br2N3O2S. The summed E-state index contributed by atoms with van der Waals surface area (Å²) in [5.74, 6) is 0.421. The van der Waals surface area contributed by atoms with Crippen molar-refractivity contribution in [3.05, 3.63) is 51.3 Å². The fourth-order valence-corrected chi connectivity index (χ4v) is 2.74. The highest BCUT2D eigenvalue weighted by Gasteiger charge is 2.14. The molecule has 0 aliphatic carbocycles. The smallest absolute Gasteiger partial charge is 0.293 e. The van der Waals surface area contributed by atoms with Crippen molar-refractivity contribution in [2.45, 2.75) is 0 Å². The molecule has 2 heterocycles. The van der Waals surface area contributed by atoms with Crippen LogP contribution in [0.15, 0.2) is 50.0 Å². The van der Waals surface area contributed by atoms with Crippen molar-refractivity contribution < 1.29 is 9.21 Å². The normalized spacial score (nSPS) is 10.6. The van der Waals surface area contributed by atoms with Gasteiger partial charge in [0.1, 0.15) is 0 Å². The van der Waals surface area contributed by atoms with Crippen molar-refractivity contribution in [2.24, 2.45) is 0 Å². The molecule has 0 spiro atoms. The predicted molar refractivity (Wildman–Crippen MR) is 87.4 cm³/mol. The Balaban J connectivity index is 1.76. The van der Waals surface area contributed by atoms with E-state index in [0.29, 0.717) is 15.6 Å². The summed E-state index contributed by atoms with van der Waals surface area (Å²) in [5.41, 5.74) is 0.885. The van der Waals surface area contributed by atoms with Crippen molar-refractivity contribution in [3.63, 3.8) is 0 Å². The standard InChI is InChI=1S/C13H7Br2N3O2S/c14-8-3-1-7(2-4-8)11-16-13(21-18-11)17-12(19)9-5-6-10(15)20-9/h1-6H,(H,16,17,18,19). The number of rotatable bonds is 3. The minimum Gasteiger partial charge on any atom is -0.444 e. The molecule has 0 saturated heterocycles. The summed E-state index contributed by atoms with van der Waals surface area (Å²) in [7, 11) is 0. The van der Waals surface area contributed by atoms with Crippen LogP contribution in [-0.2, 0) is 0 Å². The van der Waals surface area contributed by atoms with Crippen molar-refractivity contribution in [2.75, 3.05) is 5.32 Å². The Kier molecular flexibility index (Phi) is 4.18. The molecule has 1 N–H and O–H groups in total. The van der Waals surface area contributed by atoms with E-state index < -0.39 is 0 Å². The molecule has 8 heteroatoms. The second kappa shape index (κ2) is 6.08. The number of nitrogens with zero attached hydrogens (tertiary/aromatic N) is 2. The SMILES string of the molecule is O=C(Nc1nc(-c2ccc(Br)cc2)ns1)c1ccc(Br)o1. The van der Waals surface area contributed by atoms with Gasteiger partial charge in [0.25, 0.3) is 5.91 Å². The number of anilines is 1. The zero-order valence-electron chi connectivity index (χ0n) is 10.3. The largest absolute Gasteiger partial charge is 0.444 e. The highest BCUT2D eigenvalue weighted by Crippen LogP contribution is 2.23. The summed E-state index contributed by atoms with van der Waals surface area (Å²) < 4.78 is 10.9. The number of aromatic nitrogens is 2. The zero-order chi connectivity index (χ0) is 14.8. The van der Waals surface area contributed by atoms with Crippen LogP contribution >= 0.6 is 43.4 Å². The van der Waals surface area contributed by atoms with E-state index in [1.54, 1.807) is 12.1 Å². The van der Waals surface area contributed by atoms with E-state index >= 15 is 0 Å². The molecule has 5 nitrogen and oxygen atoms in total. The lowest BCUT2D eigenvalue weighted by atomic mass is 10.2. The van der Waals surface area contributed by atoms with Crippen molar-refractivity contribution in [1.29, 1.82) is 0 Å². The van der Waals surface area contributed by atoms with Crippen LogP contribution in [0.5, 0.6) is 0 Å². The van der Waals surface area contributed by atoms with Gasteiger partial charge < -0.3 is 4.42 Å². The van der Waals surface area contributed by atoms with Crippen molar-refractivity contribution in [1.82, 2.24) is 9.36 Å². The second-order valence-corrected chi connectivity index (χ2v) is 6.44. The van der Waals surface area contributed by atoms with Gasteiger partial charge >= 0.3 is 0 Å². The first-order valence-corrected chi connectivity index (χ1v) is 8.14. The summed E-state index contributed by atoms with van der Waals surface area (Å²) in [5, 5.41) is 3.08. The number of hydrogen-bond acceptors (Lipinski definition) is 5. The summed E-state index contributed by atoms with van der Waals surface area (Å²) in [6, 6.07) is 10.9. The minimum absolute atomic E-state index is 0.210. The lowest BCUT2D eigenvalue weighted by Gasteiger charge is -1.97. The molecule has 3 rings (SSSR count). The molecule has 0 bridgehead atoms. The Bertz CT molecular complexity index is 783. The van der Waals surface area contributed by atoms with Crippen LogP contribution in [0.25, 0.3) is 11.4 Å². The number of benzene rings is 1. The number of carbonyl (C=O) groups excluding carboxylic acids is 1. The van der Waals surface area contributed by atoms with Gasteiger partial charge in [-0.15, -0.1) is 0 Å². The number of carbonyl (C=O) groups is 1. The maximum absolute atomic E-state index is 11.9. The van der Waals surface area contributed by atoms with E-state index in [0.717, 1.165) is 21.6 Å². The average molecular weight is 429 g/mol. The van der Waals surface area contributed by atoms with Gasteiger partial charge in [0, 0.05) is 21.6 Å². The molecule has 3 aromatic rings. The van der Waals surface area contributed by atoms with Crippen molar-refractivity contribution in [3.8, 4) is 11.4 Å². The molecule has 1 amide bonds.